The maximum Gasteiger partial charge on any atom is 0.179 e. The summed E-state index contributed by atoms with van der Waals surface area (Å²) >= 11 is 0. The molecule has 0 aromatic rings. The van der Waals surface area contributed by atoms with E-state index in [1.165, 1.54) is 6.42 Å². The Morgan fingerprint density at radius 1 is 1.67 bits per heavy atom. The van der Waals surface area contributed by atoms with Gasteiger partial charge in [-0.15, -0.1) is 0 Å². The molecule has 1 unspecified atom stereocenters. The summed E-state index contributed by atoms with van der Waals surface area (Å²) in [5, 5.41) is 8.55. The number of rotatable bonds is 0. The zero-order valence-electron chi connectivity index (χ0n) is 5.54. The van der Waals surface area contributed by atoms with Gasteiger partial charge in [0.1, 0.15) is 0 Å². The van der Waals surface area contributed by atoms with Gasteiger partial charge in [0.2, 0.25) is 0 Å². The van der Waals surface area contributed by atoms with E-state index >= 15 is 0 Å². The van der Waals surface area contributed by atoms with Crippen molar-refractivity contribution in [1.82, 2.24) is 4.90 Å². The highest BCUT2D eigenvalue weighted by Crippen LogP contribution is 2.48. The van der Waals surface area contributed by atoms with Gasteiger partial charge in [-0.3, -0.25) is 0 Å². The van der Waals surface area contributed by atoms with Crippen molar-refractivity contribution in [2.24, 2.45) is 11.8 Å². The SMILES string of the molecule is CC1[C@H]2C[C@H]2CN1C#N. The minimum absolute atomic E-state index is 0.542. The van der Waals surface area contributed by atoms with Crippen LogP contribution in [0.2, 0.25) is 0 Å². The maximum absolute atomic E-state index is 8.55. The van der Waals surface area contributed by atoms with E-state index in [9.17, 15) is 0 Å². The normalized spacial score (nSPS) is 46.2. The van der Waals surface area contributed by atoms with E-state index in [0.29, 0.717) is 6.04 Å². The van der Waals surface area contributed by atoms with Crippen LogP contribution in [0.1, 0.15) is 13.3 Å². The number of nitrogens with zero attached hydrogens (tertiary/aromatic N) is 2. The summed E-state index contributed by atoms with van der Waals surface area (Å²) < 4.78 is 0. The van der Waals surface area contributed by atoms with Gasteiger partial charge in [-0.2, -0.15) is 5.26 Å². The molecule has 3 atom stereocenters. The third-order valence-electron chi connectivity index (χ3n) is 2.65. The van der Waals surface area contributed by atoms with E-state index < -0.39 is 0 Å². The van der Waals surface area contributed by atoms with Crippen molar-refractivity contribution in [3.63, 3.8) is 0 Å². The summed E-state index contributed by atoms with van der Waals surface area (Å²) in [6, 6.07) is 0.542. The third kappa shape index (κ3) is 0.548. The average molecular weight is 122 g/mol. The van der Waals surface area contributed by atoms with Gasteiger partial charge in [0.25, 0.3) is 0 Å². The fourth-order valence-corrected chi connectivity index (χ4v) is 1.85. The van der Waals surface area contributed by atoms with E-state index in [2.05, 4.69) is 13.1 Å². The number of nitriles is 1. The second-order valence-corrected chi connectivity index (χ2v) is 3.15. The predicted octanol–water partition coefficient (Wildman–Crippen LogP) is 0.808. The molecule has 1 saturated heterocycles. The highest BCUT2D eigenvalue weighted by atomic mass is 15.2. The van der Waals surface area contributed by atoms with E-state index in [0.717, 1.165) is 18.4 Å². The fraction of sp³-hybridized carbons (Fsp3) is 0.857. The minimum atomic E-state index is 0.542. The van der Waals surface area contributed by atoms with Crippen LogP contribution in [0.5, 0.6) is 0 Å². The third-order valence-corrected chi connectivity index (χ3v) is 2.65. The molecule has 1 aliphatic heterocycles. The number of hydrogen-bond donors (Lipinski definition) is 0. The lowest BCUT2D eigenvalue weighted by molar-refractivity contribution is 0.338. The van der Waals surface area contributed by atoms with E-state index in [4.69, 9.17) is 5.26 Å². The molecule has 1 heterocycles. The van der Waals surface area contributed by atoms with Crippen LogP contribution in [0.4, 0.5) is 0 Å². The Bertz CT molecular complexity index is 170. The molecule has 2 rings (SSSR count). The summed E-state index contributed by atoms with van der Waals surface area (Å²) in [5.74, 6) is 1.74. The first-order chi connectivity index (χ1) is 4.33. The summed E-state index contributed by atoms with van der Waals surface area (Å²) in [5.41, 5.74) is 0. The topological polar surface area (TPSA) is 27.0 Å². The van der Waals surface area contributed by atoms with Crippen molar-refractivity contribution in [2.75, 3.05) is 6.54 Å². The molecule has 2 nitrogen and oxygen atoms in total. The van der Waals surface area contributed by atoms with Crippen LogP contribution in [0.3, 0.4) is 0 Å². The highest BCUT2D eigenvalue weighted by Gasteiger charge is 2.50. The summed E-state index contributed by atoms with van der Waals surface area (Å²) in [6.45, 7) is 3.18. The molecule has 0 amide bonds. The second kappa shape index (κ2) is 1.41. The Labute approximate surface area is 55.1 Å². The van der Waals surface area contributed by atoms with Crippen LogP contribution in [0.15, 0.2) is 0 Å². The number of likely N-dealkylation sites (tertiary alicyclic amines) is 1. The number of hydrogen-bond acceptors (Lipinski definition) is 2. The van der Waals surface area contributed by atoms with Crippen molar-refractivity contribution < 1.29 is 0 Å². The van der Waals surface area contributed by atoms with Crippen molar-refractivity contribution in [3.05, 3.63) is 0 Å². The summed E-state index contributed by atoms with van der Waals surface area (Å²) in [7, 11) is 0. The van der Waals surface area contributed by atoms with Gasteiger partial charge < -0.3 is 4.90 Å². The van der Waals surface area contributed by atoms with Gasteiger partial charge >= 0.3 is 0 Å². The molecule has 9 heavy (non-hydrogen) atoms. The van der Waals surface area contributed by atoms with E-state index in [1.54, 1.807) is 0 Å². The first-order valence-electron chi connectivity index (χ1n) is 3.49. The molecule has 1 saturated carbocycles. The molecular weight excluding hydrogens is 112 g/mol. The molecular formula is C7H10N2. The van der Waals surface area contributed by atoms with Crippen LogP contribution in [0, 0.1) is 23.3 Å². The first kappa shape index (κ1) is 5.10. The molecule has 1 aliphatic carbocycles. The maximum atomic E-state index is 8.55. The predicted molar refractivity (Wildman–Crippen MR) is 33.4 cm³/mol. The van der Waals surface area contributed by atoms with Crippen LogP contribution >= 0.6 is 0 Å². The Balaban J connectivity index is 2.10. The van der Waals surface area contributed by atoms with Crippen molar-refractivity contribution in [2.45, 2.75) is 19.4 Å². The average Bonchev–Trinajstić information content (AvgIpc) is 2.55. The molecule has 0 aromatic heterocycles. The molecule has 48 valence electrons. The Kier molecular flexibility index (Phi) is 0.801. The zero-order valence-corrected chi connectivity index (χ0v) is 5.54. The van der Waals surface area contributed by atoms with Gasteiger partial charge in [0.05, 0.1) is 0 Å². The van der Waals surface area contributed by atoms with E-state index in [1.807, 2.05) is 4.90 Å². The van der Waals surface area contributed by atoms with Crippen LogP contribution < -0.4 is 0 Å². The lowest BCUT2D eigenvalue weighted by atomic mass is 10.2. The number of piperidine rings is 1. The van der Waals surface area contributed by atoms with E-state index in [-0.39, 0.29) is 0 Å². The smallest absolute Gasteiger partial charge is 0.179 e. The summed E-state index contributed by atoms with van der Waals surface area (Å²) in [6.07, 6.45) is 3.58. The Hall–Kier alpha value is -0.710. The number of fused-ring (bicyclic) bond motifs is 1. The fourth-order valence-electron chi connectivity index (χ4n) is 1.85. The van der Waals surface area contributed by atoms with Crippen molar-refractivity contribution in [3.8, 4) is 6.19 Å². The Morgan fingerprint density at radius 3 is 2.78 bits per heavy atom. The second-order valence-electron chi connectivity index (χ2n) is 3.15. The van der Waals surface area contributed by atoms with Gasteiger partial charge in [-0.1, -0.05) is 0 Å². The molecule has 0 radical (unpaired) electrons. The van der Waals surface area contributed by atoms with Crippen molar-refractivity contribution in [1.29, 1.82) is 5.26 Å². The van der Waals surface area contributed by atoms with Crippen molar-refractivity contribution >= 4 is 0 Å². The molecule has 0 N–H and O–H groups in total. The monoisotopic (exact) mass is 122 g/mol. The highest BCUT2D eigenvalue weighted by molar-refractivity contribution is 5.05. The molecule has 0 bridgehead atoms. The molecule has 2 aliphatic rings. The Morgan fingerprint density at radius 2 is 2.44 bits per heavy atom. The van der Waals surface area contributed by atoms with Gasteiger partial charge in [-0.05, 0) is 25.2 Å². The van der Waals surface area contributed by atoms with Gasteiger partial charge in [-0.25, -0.2) is 0 Å². The van der Waals surface area contributed by atoms with Crippen LogP contribution in [-0.2, 0) is 0 Å². The molecule has 0 spiro atoms. The van der Waals surface area contributed by atoms with Crippen LogP contribution in [-0.4, -0.2) is 17.5 Å². The lowest BCUT2D eigenvalue weighted by Gasteiger charge is -2.15. The largest absolute Gasteiger partial charge is 0.307 e. The summed E-state index contributed by atoms with van der Waals surface area (Å²) in [4.78, 5) is 1.90. The molecule has 2 heteroatoms. The molecule has 0 aromatic carbocycles. The van der Waals surface area contributed by atoms with Gasteiger partial charge in [0.15, 0.2) is 6.19 Å². The van der Waals surface area contributed by atoms with Crippen LogP contribution in [0.25, 0.3) is 0 Å². The zero-order chi connectivity index (χ0) is 6.43. The quantitative estimate of drug-likeness (QED) is 0.444. The lowest BCUT2D eigenvalue weighted by Crippen LogP contribution is -2.25. The minimum Gasteiger partial charge on any atom is -0.307 e. The first-order valence-corrected chi connectivity index (χ1v) is 3.49. The standard InChI is InChI=1S/C7H10N2/c1-5-7-2-6(7)3-9(5)4-8/h5-7H,2-3H2,1H3/t5?,6-,7+/m0/s1. The van der Waals surface area contributed by atoms with Gasteiger partial charge in [0, 0.05) is 12.6 Å². The molecule has 2 fully saturated rings.